The predicted molar refractivity (Wildman–Crippen MR) is 51.6 cm³/mol. The Bertz CT molecular complexity index is 286. The van der Waals surface area contributed by atoms with Crippen molar-refractivity contribution in [1.82, 2.24) is 0 Å². The van der Waals surface area contributed by atoms with E-state index in [4.69, 9.17) is 22.1 Å². The van der Waals surface area contributed by atoms with Crippen molar-refractivity contribution < 1.29 is 4.74 Å². The van der Waals surface area contributed by atoms with E-state index in [1.165, 1.54) is 0 Å². The van der Waals surface area contributed by atoms with E-state index in [0.29, 0.717) is 23.1 Å². The highest BCUT2D eigenvalue weighted by atomic mass is 35.5. The van der Waals surface area contributed by atoms with Crippen molar-refractivity contribution >= 4 is 17.3 Å². The van der Waals surface area contributed by atoms with Gasteiger partial charge in [-0.15, -0.1) is 0 Å². The highest BCUT2D eigenvalue weighted by molar-refractivity contribution is 6.30. The second-order valence-corrected chi connectivity index (χ2v) is 2.72. The molecule has 0 bridgehead atoms. The minimum Gasteiger partial charge on any atom is -0.487 e. The van der Waals surface area contributed by atoms with Gasteiger partial charge in [0.15, 0.2) is 0 Å². The Morgan fingerprint density at radius 3 is 3.00 bits per heavy atom. The van der Waals surface area contributed by atoms with Crippen molar-refractivity contribution in [2.24, 2.45) is 0 Å². The molecule has 0 aliphatic rings. The highest BCUT2D eigenvalue weighted by Gasteiger charge is 1.99. The van der Waals surface area contributed by atoms with Crippen molar-refractivity contribution in [3.8, 4) is 5.75 Å². The molecule has 1 aromatic carbocycles. The molecule has 0 fully saturated rings. The summed E-state index contributed by atoms with van der Waals surface area (Å²) in [6.45, 7) is 3.96. The third kappa shape index (κ3) is 2.17. The number of hydrogen-bond acceptors (Lipinski definition) is 2. The Morgan fingerprint density at radius 1 is 1.58 bits per heavy atom. The lowest BCUT2D eigenvalue weighted by atomic mass is 10.3. The molecule has 0 spiro atoms. The molecule has 0 aliphatic carbocycles. The highest BCUT2D eigenvalue weighted by Crippen LogP contribution is 2.24. The fourth-order valence-corrected chi connectivity index (χ4v) is 0.944. The topological polar surface area (TPSA) is 35.2 Å². The van der Waals surface area contributed by atoms with Crippen molar-refractivity contribution in [2.45, 2.75) is 0 Å². The standard InChI is InChI=1S/C9H10ClNO/c1-2-5-12-9-6-7(10)3-4-8(9)11/h2-4,6H,1,5,11H2. The molecule has 0 aromatic heterocycles. The summed E-state index contributed by atoms with van der Waals surface area (Å²) in [5.74, 6) is 0.599. The van der Waals surface area contributed by atoms with E-state index in [0.717, 1.165) is 0 Å². The van der Waals surface area contributed by atoms with Crippen LogP contribution in [0.25, 0.3) is 0 Å². The Hall–Kier alpha value is -1.15. The molecule has 3 heteroatoms. The van der Waals surface area contributed by atoms with Gasteiger partial charge in [-0.1, -0.05) is 24.3 Å². The number of rotatable bonds is 3. The third-order valence-electron chi connectivity index (χ3n) is 1.33. The number of hydrogen-bond donors (Lipinski definition) is 1. The molecule has 0 heterocycles. The summed E-state index contributed by atoms with van der Waals surface area (Å²) < 4.78 is 5.24. The molecule has 0 atom stereocenters. The smallest absolute Gasteiger partial charge is 0.144 e. The van der Waals surface area contributed by atoms with Gasteiger partial charge < -0.3 is 10.5 Å². The van der Waals surface area contributed by atoms with Crippen LogP contribution in [-0.4, -0.2) is 6.61 Å². The first-order valence-corrected chi connectivity index (χ1v) is 3.90. The van der Waals surface area contributed by atoms with E-state index >= 15 is 0 Å². The summed E-state index contributed by atoms with van der Waals surface area (Å²) in [4.78, 5) is 0. The molecule has 0 saturated heterocycles. The maximum atomic E-state index is 5.73. The Balaban J connectivity index is 2.82. The average molecular weight is 184 g/mol. The zero-order chi connectivity index (χ0) is 8.97. The number of benzene rings is 1. The summed E-state index contributed by atoms with van der Waals surface area (Å²) in [7, 11) is 0. The number of anilines is 1. The number of ether oxygens (including phenoxy) is 1. The van der Waals surface area contributed by atoms with Crippen LogP contribution in [0.5, 0.6) is 5.75 Å². The summed E-state index contributed by atoms with van der Waals surface area (Å²) in [6.07, 6.45) is 1.65. The first kappa shape index (κ1) is 8.94. The molecule has 64 valence electrons. The van der Waals surface area contributed by atoms with Gasteiger partial charge in [0.05, 0.1) is 5.69 Å². The molecule has 0 unspecified atom stereocenters. The van der Waals surface area contributed by atoms with Gasteiger partial charge in [0.2, 0.25) is 0 Å². The van der Waals surface area contributed by atoms with Crippen LogP contribution >= 0.6 is 11.6 Å². The molecule has 1 rings (SSSR count). The van der Waals surface area contributed by atoms with Gasteiger partial charge in [0.1, 0.15) is 12.4 Å². The lowest BCUT2D eigenvalue weighted by Crippen LogP contribution is -1.96. The van der Waals surface area contributed by atoms with Gasteiger partial charge in [-0.05, 0) is 12.1 Å². The van der Waals surface area contributed by atoms with E-state index in [2.05, 4.69) is 6.58 Å². The minimum atomic E-state index is 0.435. The van der Waals surface area contributed by atoms with Gasteiger partial charge in [-0.25, -0.2) is 0 Å². The average Bonchev–Trinajstić information content (AvgIpc) is 2.07. The molecular weight excluding hydrogens is 174 g/mol. The molecule has 2 nitrogen and oxygen atoms in total. The van der Waals surface area contributed by atoms with Crippen molar-refractivity contribution in [1.29, 1.82) is 0 Å². The molecule has 12 heavy (non-hydrogen) atoms. The second kappa shape index (κ2) is 4.02. The largest absolute Gasteiger partial charge is 0.487 e. The summed E-state index contributed by atoms with van der Waals surface area (Å²) in [5.41, 5.74) is 6.20. The van der Waals surface area contributed by atoms with Crippen LogP contribution in [0.15, 0.2) is 30.9 Å². The Labute approximate surface area is 76.6 Å². The summed E-state index contributed by atoms with van der Waals surface area (Å²) in [6, 6.07) is 5.11. The zero-order valence-corrected chi connectivity index (χ0v) is 7.34. The van der Waals surface area contributed by atoms with Crippen LogP contribution in [0.3, 0.4) is 0 Å². The normalized spacial score (nSPS) is 9.42. The lowest BCUT2D eigenvalue weighted by Gasteiger charge is -2.06. The second-order valence-electron chi connectivity index (χ2n) is 2.28. The molecule has 0 amide bonds. The van der Waals surface area contributed by atoms with Crippen molar-refractivity contribution in [2.75, 3.05) is 12.3 Å². The van der Waals surface area contributed by atoms with Gasteiger partial charge in [-0.2, -0.15) is 0 Å². The fourth-order valence-electron chi connectivity index (χ4n) is 0.782. The fraction of sp³-hybridized carbons (Fsp3) is 0.111. The number of halogens is 1. The van der Waals surface area contributed by atoms with Crippen molar-refractivity contribution in [3.63, 3.8) is 0 Å². The van der Waals surface area contributed by atoms with E-state index in [1.54, 1.807) is 24.3 Å². The maximum Gasteiger partial charge on any atom is 0.144 e. The van der Waals surface area contributed by atoms with Gasteiger partial charge >= 0.3 is 0 Å². The molecule has 1 aromatic rings. The van der Waals surface area contributed by atoms with E-state index in [1.807, 2.05) is 0 Å². The zero-order valence-electron chi connectivity index (χ0n) is 6.59. The first-order chi connectivity index (χ1) is 5.74. The third-order valence-corrected chi connectivity index (χ3v) is 1.57. The van der Waals surface area contributed by atoms with Crippen molar-refractivity contribution in [3.05, 3.63) is 35.9 Å². The SMILES string of the molecule is C=CCOc1cc(Cl)ccc1N. The first-order valence-electron chi connectivity index (χ1n) is 3.52. The molecule has 2 N–H and O–H groups in total. The van der Waals surface area contributed by atoms with Gasteiger partial charge in [0.25, 0.3) is 0 Å². The number of nitrogens with two attached hydrogens (primary N) is 1. The number of nitrogen functional groups attached to an aromatic ring is 1. The van der Waals surface area contributed by atoms with Crippen LogP contribution in [0.4, 0.5) is 5.69 Å². The van der Waals surface area contributed by atoms with Crippen LogP contribution in [-0.2, 0) is 0 Å². The maximum absolute atomic E-state index is 5.73. The van der Waals surface area contributed by atoms with Gasteiger partial charge in [-0.3, -0.25) is 0 Å². The quantitative estimate of drug-likeness (QED) is 0.577. The van der Waals surface area contributed by atoms with Crippen LogP contribution in [0.1, 0.15) is 0 Å². The van der Waals surface area contributed by atoms with E-state index < -0.39 is 0 Å². The van der Waals surface area contributed by atoms with Gasteiger partial charge in [0, 0.05) is 11.1 Å². The van der Waals surface area contributed by atoms with E-state index in [-0.39, 0.29) is 0 Å². The van der Waals surface area contributed by atoms with Crippen LogP contribution in [0.2, 0.25) is 5.02 Å². The summed E-state index contributed by atoms with van der Waals surface area (Å²) >= 11 is 5.73. The Morgan fingerprint density at radius 2 is 2.33 bits per heavy atom. The molecular formula is C9H10ClNO. The van der Waals surface area contributed by atoms with E-state index in [9.17, 15) is 0 Å². The molecule has 0 saturated carbocycles. The predicted octanol–water partition coefficient (Wildman–Crippen LogP) is 2.49. The Kier molecular flexibility index (Phi) is 3.00. The van der Waals surface area contributed by atoms with Crippen LogP contribution in [0, 0.1) is 0 Å². The summed E-state index contributed by atoms with van der Waals surface area (Å²) in [5, 5.41) is 0.614. The lowest BCUT2D eigenvalue weighted by molar-refractivity contribution is 0.365. The molecule has 0 radical (unpaired) electrons. The van der Waals surface area contributed by atoms with Crippen LogP contribution < -0.4 is 10.5 Å². The molecule has 0 aliphatic heterocycles. The monoisotopic (exact) mass is 183 g/mol. The minimum absolute atomic E-state index is 0.435.